The summed E-state index contributed by atoms with van der Waals surface area (Å²) in [4.78, 5) is 12.3. The molecular formula is C12H9N5O. The highest BCUT2D eigenvalue weighted by Gasteiger charge is 2.18. The molecule has 0 radical (unpaired) electrons. The number of pyridine rings is 1. The Bertz CT molecular complexity index is 651. The molecule has 3 aromatic rings. The highest BCUT2D eigenvalue weighted by Crippen LogP contribution is 2.33. The molecule has 0 bridgehead atoms. The summed E-state index contributed by atoms with van der Waals surface area (Å²) in [5, 5.41) is 3.92. The maximum atomic E-state index is 5.81. The Balaban J connectivity index is 2.19. The topological polar surface area (TPSA) is 90.7 Å². The van der Waals surface area contributed by atoms with Crippen LogP contribution in [-0.4, -0.2) is 20.1 Å². The third-order valence-electron chi connectivity index (χ3n) is 2.47. The molecule has 0 aliphatic heterocycles. The van der Waals surface area contributed by atoms with Crippen LogP contribution in [0.2, 0.25) is 0 Å². The number of nitrogens with zero attached hydrogens (tertiary/aromatic N) is 4. The van der Waals surface area contributed by atoms with E-state index in [1.807, 2.05) is 12.1 Å². The first-order valence-corrected chi connectivity index (χ1v) is 5.29. The molecule has 0 fully saturated rings. The fourth-order valence-corrected chi connectivity index (χ4v) is 1.67. The highest BCUT2D eigenvalue weighted by atomic mass is 16.5. The van der Waals surface area contributed by atoms with Gasteiger partial charge in [-0.25, -0.2) is 9.97 Å². The molecule has 0 saturated carbocycles. The van der Waals surface area contributed by atoms with Crippen LogP contribution in [0.3, 0.4) is 0 Å². The van der Waals surface area contributed by atoms with Gasteiger partial charge in [-0.3, -0.25) is 4.98 Å². The van der Waals surface area contributed by atoms with Crippen molar-refractivity contribution in [3.63, 3.8) is 0 Å². The van der Waals surface area contributed by atoms with Gasteiger partial charge < -0.3 is 10.3 Å². The molecule has 6 nitrogen and oxygen atoms in total. The normalized spacial score (nSPS) is 10.4. The Kier molecular flexibility index (Phi) is 2.45. The van der Waals surface area contributed by atoms with Gasteiger partial charge in [0.25, 0.3) is 0 Å². The van der Waals surface area contributed by atoms with Crippen LogP contribution in [0.1, 0.15) is 0 Å². The van der Waals surface area contributed by atoms with Crippen molar-refractivity contribution < 1.29 is 4.52 Å². The average Bonchev–Trinajstić information content (AvgIpc) is 2.83. The molecule has 0 atom stereocenters. The smallest absolute Gasteiger partial charge is 0.230 e. The molecule has 3 heterocycles. The molecule has 18 heavy (non-hydrogen) atoms. The van der Waals surface area contributed by atoms with E-state index >= 15 is 0 Å². The van der Waals surface area contributed by atoms with Gasteiger partial charge >= 0.3 is 0 Å². The van der Waals surface area contributed by atoms with Crippen LogP contribution in [0, 0.1) is 0 Å². The van der Waals surface area contributed by atoms with Crippen LogP contribution in [0.5, 0.6) is 0 Å². The molecule has 0 aromatic carbocycles. The highest BCUT2D eigenvalue weighted by molar-refractivity contribution is 5.84. The third-order valence-corrected chi connectivity index (χ3v) is 2.47. The maximum absolute atomic E-state index is 5.81. The van der Waals surface area contributed by atoms with Crippen molar-refractivity contribution in [2.45, 2.75) is 0 Å². The fourth-order valence-electron chi connectivity index (χ4n) is 1.67. The number of nitrogen functional groups attached to an aromatic ring is 1. The molecule has 0 aliphatic rings. The Morgan fingerprint density at radius 1 is 1.00 bits per heavy atom. The van der Waals surface area contributed by atoms with Crippen molar-refractivity contribution >= 4 is 5.88 Å². The first kappa shape index (κ1) is 10.4. The zero-order valence-electron chi connectivity index (χ0n) is 9.32. The van der Waals surface area contributed by atoms with E-state index in [9.17, 15) is 0 Å². The third kappa shape index (κ3) is 1.69. The largest absolute Gasteiger partial charge is 0.367 e. The fraction of sp³-hybridized carbons (Fsp3) is 0. The minimum atomic E-state index is 0.239. The molecule has 6 heteroatoms. The standard InChI is InChI=1S/C12H9N5O/c13-11-9(8-2-6-14-7-3-8)10(17-18-11)12-15-4-1-5-16-12/h1-7H,13H2. The van der Waals surface area contributed by atoms with Gasteiger partial charge in [0.15, 0.2) is 11.5 Å². The van der Waals surface area contributed by atoms with Crippen molar-refractivity contribution in [2.75, 3.05) is 5.73 Å². The van der Waals surface area contributed by atoms with Crippen LogP contribution < -0.4 is 5.73 Å². The van der Waals surface area contributed by atoms with Crippen LogP contribution in [0.15, 0.2) is 47.5 Å². The van der Waals surface area contributed by atoms with Gasteiger partial charge in [0, 0.05) is 24.8 Å². The number of anilines is 1. The summed E-state index contributed by atoms with van der Waals surface area (Å²) in [5.74, 6) is 0.716. The quantitative estimate of drug-likeness (QED) is 0.732. The SMILES string of the molecule is Nc1onc(-c2ncccn2)c1-c1ccncc1. The van der Waals surface area contributed by atoms with Gasteiger partial charge in [-0.15, -0.1) is 0 Å². The summed E-state index contributed by atoms with van der Waals surface area (Å²) < 4.78 is 5.03. The van der Waals surface area contributed by atoms with Crippen molar-refractivity contribution in [1.82, 2.24) is 20.1 Å². The summed E-state index contributed by atoms with van der Waals surface area (Å²) in [7, 11) is 0. The van der Waals surface area contributed by atoms with Crippen LogP contribution in [-0.2, 0) is 0 Å². The maximum Gasteiger partial charge on any atom is 0.230 e. The summed E-state index contributed by atoms with van der Waals surface area (Å²) in [6.45, 7) is 0. The first-order chi connectivity index (χ1) is 8.86. The predicted octanol–water partition coefficient (Wildman–Crippen LogP) is 1.78. The second-order valence-electron chi connectivity index (χ2n) is 3.58. The van der Waals surface area contributed by atoms with E-state index in [2.05, 4.69) is 20.1 Å². The van der Waals surface area contributed by atoms with Crippen molar-refractivity contribution in [3.05, 3.63) is 43.0 Å². The Hall–Kier alpha value is -2.76. The molecule has 0 spiro atoms. The Morgan fingerprint density at radius 3 is 2.44 bits per heavy atom. The Morgan fingerprint density at radius 2 is 1.72 bits per heavy atom. The van der Waals surface area contributed by atoms with E-state index in [0.717, 1.165) is 5.56 Å². The molecule has 0 unspecified atom stereocenters. The molecule has 0 aliphatic carbocycles. The monoisotopic (exact) mass is 239 g/mol. The zero-order valence-corrected chi connectivity index (χ0v) is 9.32. The van der Waals surface area contributed by atoms with E-state index < -0.39 is 0 Å². The summed E-state index contributed by atoms with van der Waals surface area (Å²) in [5.41, 5.74) is 7.88. The molecule has 3 rings (SSSR count). The van der Waals surface area contributed by atoms with Gasteiger partial charge in [-0.1, -0.05) is 5.16 Å². The second kappa shape index (κ2) is 4.25. The first-order valence-electron chi connectivity index (χ1n) is 5.29. The molecule has 0 amide bonds. The van der Waals surface area contributed by atoms with E-state index in [4.69, 9.17) is 10.3 Å². The number of hydrogen-bond donors (Lipinski definition) is 1. The summed E-state index contributed by atoms with van der Waals surface area (Å²) >= 11 is 0. The minimum absolute atomic E-state index is 0.239. The average molecular weight is 239 g/mol. The molecule has 88 valence electrons. The van der Waals surface area contributed by atoms with Crippen LogP contribution in [0.25, 0.3) is 22.6 Å². The van der Waals surface area contributed by atoms with E-state index in [1.165, 1.54) is 0 Å². The second-order valence-corrected chi connectivity index (χ2v) is 3.58. The van der Waals surface area contributed by atoms with Crippen molar-refractivity contribution in [1.29, 1.82) is 0 Å². The van der Waals surface area contributed by atoms with Gasteiger partial charge in [-0.2, -0.15) is 0 Å². The Labute approximate surface area is 103 Å². The number of hydrogen-bond acceptors (Lipinski definition) is 6. The molecule has 2 N–H and O–H groups in total. The molecule has 3 aromatic heterocycles. The summed E-state index contributed by atoms with van der Waals surface area (Å²) in [6.07, 6.45) is 6.64. The van der Waals surface area contributed by atoms with Crippen LogP contribution >= 0.6 is 0 Å². The number of nitrogens with two attached hydrogens (primary N) is 1. The molecule has 0 saturated heterocycles. The van der Waals surface area contributed by atoms with Crippen LogP contribution in [0.4, 0.5) is 5.88 Å². The number of aromatic nitrogens is 4. The van der Waals surface area contributed by atoms with E-state index in [-0.39, 0.29) is 5.88 Å². The van der Waals surface area contributed by atoms with Crippen molar-refractivity contribution in [3.8, 4) is 22.6 Å². The van der Waals surface area contributed by atoms with Gasteiger partial charge in [-0.05, 0) is 23.8 Å². The van der Waals surface area contributed by atoms with Crippen molar-refractivity contribution in [2.24, 2.45) is 0 Å². The lowest BCUT2D eigenvalue weighted by Gasteiger charge is -2.00. The van der Waals surface area contributed by atoms with Gasteiger partial charge in [0.2, 0.25) is 5.88 Å². The lowest BCUT2D eigenvalue weighted by Crippen LogP contribution is -1.91. The number of rotatable bonds is 2. The lowest BCUT2D eigenvalue weighted by atomic mass is 10.1. The lowest BCUT2D eigenvalue weighted by molar-refractivity contribution is 0.439. The van der Waals surface area contributed by atoms with E-state index in [0.29, 0.717) is 17.1 Å². The summed E-state index contributed by atoms with van der Waals surface area (Å²) in [6, 6.07) is 5.39. The minimum Gasteiger partial charge on any atom is -0.367 e. The predicted molar refractivity (Wildman–Crippen MR) is 65.2 cm³/mol. The van der Waals surface area contributed by atoms with Gasteiger partial charge in [0.05, 0.1) is 5.56 Å². The zero-order chi connectivity index (χ0) is 12.4. The van der Waals surface area contributed by atoms with E-state index in [1.54, 1.807) is 30.9 Å². The van der Waals surface area contributed by atoms with Gasteiger partial charge in [0.1, 0.15) is 0 Å². The molecular weight excluding hydrogens is 230 g/mol.